The van der Waals surface area contributed by atoms with Gasteiger partial charge in [0.05, 0.1) is 11.7 Å². The minimum Gasteiger partial charge on any atom is -0.392 e. The van der Waals surface area contributed by atoms with Gasteiger partial charge in [0.25, 0.3) is 0 Å². The number of aliphatic hydroxyl groups excluding tert-OH is 1. The van der Waals surface area contributed by atoms with Crippen molar-refractivity contribution in [1.82, 2.24) is 5.32 Å². The molecule has 0 amide bonds. The number of rotatable bonds is 4. The molecule has 0 spiro atoms. The largest absolute Gasteiger partial charge is 0.392 e. The molecule has 0 aromatic rings. The van der Waals surface area contributed by atoms with Gasteiger partial charge in [0, 0.05) is 13.1 Å². The molecule has 0 aliphatic heterocycles. The molecule has 1 aliphatic rings. The molecule has 0 radical (unpaired) electrons. The molecule has 3 N–H and O–H groups in total. The van der Waals surface area contributed by atoms with E-state index < -0.39 is 5.60 Å². The maximum absolute atomic E-state index is 9.86. The van der Waals surface area contributed by atoms with Gasteiger partial charge in [0.2, 0.25) is 0 Å². The summed E-state index contributed by atoms with van der Waals surface area (Å²) < 4.78 is 0. The van der Waals surface area contributed by atoms with Gasteiger partial charge in [-0.05, 0) is 19.8 Å². The van der Waals surface area contributed by atoms with Crippen LogP contribution < -0.4 is 5.32 Å². The molecule has 3 heteroatoms. The van der Waals surface area contributed by atoms with Crippen molar-refractivity contribution >= 4 is 0 Å². The van der Waals surface area contributed by atoms with Gasteiger partial charge in [0.15, 0.2) is 0 Å². The van der Waals surface area contributed by atoms with Crippen LogP contribution >= 0.6 is 0 Å². The second-order valence-electron chi connectivity index (χ2n) is 3.91. The SMILES string of the molecule is C[C@H](O)CNCC1(O)CCCC1. The smallest absolute Gasteiger partial charge is 0.0771 e. The summed E-state index contributed by atoms with van der Waals surface area (Å²) in [4.78, 5) is 0. The molecule has 0 heterocycles. The second kappa shape index (κ2) is 4.21. The third-order valence-electron chi connectivity index (χ3n) is 2.43. The van der Waals surface area contributed by atoms with E-state index >= 15 is 0 Å². The second-order valence-corrected chi connectivity index (χ2v) is 3.91. The summed E-state index contributed by atoms with van der Waals surface area (Å²) in [5, 5.41) is 21.9. The van der Waals surface area contributed by atoms with Gasteiger partial charge >= 0.3 is 0 Å². The van der Waals surface area contributed by atoms with Crippen molar-refractivity contribution in [3.8, 4) is 0 Å². The molecule has 1 fully saturated rings. The quantitative estimate of drug-likeness (QED) is 0.571. The van der Waals surface area contributed by atoms with Gasteiger partial charge in [0.1, 0.15) is 0 Å². The van der Waals surface area contributed by atoms with E-state index in [0.717, 1.165) is 25.7 Å². The lowest BCUT2D eigenvalue weighted by Crippen LogP contribution is -2.40. The Kier molecular flexibility index (Phi) is 3.50. The highest BCUT2D eigenvalue weighted by atomic mass is 16.3. The Bertz CT molecular complexity index is 130. The lowest BCUT2D eigenvalue weighted by Gasteiger charge is -2.22. The molecule has 0 aromatic carbocycles. The van der Waals surface area contributed by atoms with Crippen molar-refractivity contribution in [2.24, 2.45) is 0 Å². The summed E-state index contributed by atoms with van der Waals surface area (Å²) in [6, 6.07) is 0. The van der Waals surface area contributed by atoms with Gasteiger partial charge in [-0.1, -0.05) is 12.8 Å². The fourth-order valence-electron chi connectivity index (χ4n) is 1.72. The van der Waals surface area contributed by atoms with E-state index in [4.69, 9.17) is 5.11 Å². The molecule has 1 atom stereocenters. The van der Waals surface area contributed by atoms with Crippen LogP contribution in [0.5, 0.6) is 0 Å². The molecule has 3 nitrogen and oxygen atoms in total. The summed E-state index contributed by atoms with van der Waals surface area (Å²) >= 11 is 0. The minimum atomic E-state index is -0.491. The first-order chi connectivity index (χ1) is 5.62. The van der Waals surface area contributed by atoms with Crippen LogP contribution in [0.15, 0.2) is 0 Å². The van der Waals surface area contributed by atoms with Crippen molar-refractivity contribution in [2.75, 3.05) is 13.1 Å². The maximum Gasteiger partial charge on any atom is 0.0771 e. The van der Waals surface area contributed by atoms with Crippen molar-refractivity contribution in [2.45, 2.75) is 44.3 Å². The van der Waals surface area contributed by atoms with Crippen molar-refractivity contribution in [1.29, 1.82) is 0 Å². The van der Waals surface area contributed by atoms with E-state index in [0.29, 0.717) is 13.1 Å². The zero-order valence-electron chi connectivity index (χ0n) is 7.71. The van der Waals surface area contributed by atoms with Crippen LogP contribution in [-0.2, 0) is 0 Å². The number of nitrogens with one attached hydrogen (secondary N) is 1. The maximum atomic E-state index is 9.86. The van der Waals surface area contributed by atoms with Crippen molar-refractivity contribution in [3.63, 3.8) is 0 Å². The number of aliphatic hydroxyl groups is 2. The van der Waals surface area contributed by atoms with E-state index in [2.05, 4.69) is 5.32 Å². The first kappa shape index (κ1) is 9.96. The van der Waals surface area contributed by atoms with Crippen molar-refractivity contribution in [3.05, 3.63) is 0 Å². The monoisotopic (exact) mass is 173 g/mol. The van der Waals surface area contributed by atoms with Gasteiger partial charge < -0.3 is 15.5 Å². The molecule has 1 saturated carbocycles. The number of hydrogen-bond acceptors (Lipinski definition) is 3. The Hall–Kier alpha value is -0.120. The van der Waals surface area contributed by atoms with Crippen LogP contribution in [-0.4, -0.2) is 35.0 Å². The Morgan fingerprint density at radius 2 is 2.00 bits per heavy atom. The van der Waals surface area contributed by atoms with E-state index in [9.17, 15) is 5.11 Å². The first-order valence-corrected chi connectivity index (χ1v) is 4.74. The lowest BCUT2D eigenvalue weighted by atomic mass is 10.0. The Balaban J connectivity index is 2.13. The molecule has 72 valence electrons. The highest BCUT2D eigenvalue weighted by Gasteiger charge is 2.30. The van der Waals surface area contributed by atoms with Gasteiger partial charge in [-0.15, -0.1) is 0 Å². The molecule has 1 rings (SSSR count). The summed E-state index contributed by atoms with van der Waals surface area (Å²) in [6.45, 7) is 2.94. The third kappa shape index (κ3) is 3.09. The zero-order chi connectivity index (χ0) is 9.03. The van der Waals surface area contributed by atoms with E-state index in [1.807, 2.05) is 0 Å². The fraction of sp³-hybridized carbons (Fsp3) is 1.00. The topological polar surface area (TPSA) is 52.5 Å². The Morgan fingerprint density at radius 1 is 1.42 bits per heavy atom. The van der Waals surface area contributed by atoms with Gasteiger partial charge in [-0.25, -0.2) is 0 Å². The summed E-state index contributed by atoms with van der Waals surface area (Å²) in [5.74, 6) is 0. The van der Waals surface area contributed by atoms with Crippen LogP contribution in [0.4, 0.5) is 0 Å². The fourth-order valence-corrected chi connectivity index (χ4v) is 1.72. The highest BCUT2D eigenvalue weighted by Crippen LogP contribution is 2.28. The first-order valence-electron chi connectivity index (χ1n) is 4.74. The Labute approximate surface area is 73.8 Å². The molecule has 1 aliphatic carbocycles. The van der Waals surface area contributed by atoms with E-state index in [1.54, 1.807) is 6.92 Å². The van der Waals surface area contributed by atoms with E-state index in [-0.39, 0.29) is 6.10 Å². The molecular weight excluding hydrogens is 154 g/mol. The average molecular weight is 173 g/mol. The minimum absolute atomic E-state index is 0.324. The van der Waals surface area contributed by atoms with Crippen molar-refractivity contribution < 1.29 is 10.2 Å². The predicted octanol–water partition coefficient (Wildman–Crippen LogP) is 0.262. The van der Waals surface area contributed by atoms with E-state index in [1.165, 1.54) is 0 Å². The lowest BCUT2D eigenvalue weighted by molar-refractivity contribution is 0.0447. The summed E-state index contributed by atoms with van der Waals surface area (Å²) in [7, 11) is 0. The highest BCUT2D eigenvalue weighted by molar-refractivity contribution is 4.86. The third-order valence-corrected chi connectivity index (χ3v) is 2.43. The van der Waals surface area contributed by atoms with Crippen LogP contribution in [0.2, 0.25) is 0 Å². The molecule has 12 heavy (non-hydrogen) atoms. The molecular formula is C9H19NO2. The summed E-state index contributed by atoms with van der Waals surface area (Å²) in [5.41, 5.74) is -0.491. The molecule has 0 unspecified atom stereocenters. The molecule has 0 saturated heterocycles. The standard InChI is InChI=1S/C9H19NO2/c1-8(11)6-10-7-9(12)4-2-3-5-9/h8,10-12H,2-7H2,1H3/t8-/m0/s1. The zero-order valence-corrected chi connectivity index (χ0v) is 7.71. The van der Waals surface area contributed by atoms with Crippen LogP contribution in [0.25, 0.3) is 0 Å². The van der Waals surface area contributed by atoms with Crippen LogP contribution in [0, 0.1) is 0 Å². The molecule has 0 bridgehead atoms. The normalized spacial score (nSPS) is 24.2. The summed E-state index contributed by atoms with van der Waals surface area (Å²) in [6.07, 6.45) is 3.74. The van der Waals surface area contributed by atoms with Crippen LogP contribution in [0.1, 0.15) is 32.6 Å². The van der Waals surface area contributed by atoms with Gasteiger partial charge in [-0.2, -0.15) is 0 Å². The number of hydrogen-bond donors (Lipinski definition) is 3. The van der Waals surface area contributed by atoms with Crippen LogP contribution in [0.3, 0.4) is 0 Å². The predicted molar refractivity (Wildman–Crippen MR) is 48.0 cm³/mol. The van der Waals surface area contributed by atoms with Gasteiger partial charge in [-0.3, -0.25) is 0 Å². The molecule has 0 aromatic heterocycles. The average Bonchev–Trinajstić information content (AvgIpc) is 2.35. The Morgan fingerprint density at radius 3 is 2.50 bits per heavy atom.